The quantitative estimate of drug-likeness (QED) is 0.797. The van der Waals surface area contributed by atoms with Crippen LogP contribution in [0.25, 0.3) is 11.5 Å². The van der Waals surface area contributed by atoms with Gasteiger partial charge in [-0.25, -0.2) is 12.8 Å². The Morgan fingerprint density at radius 2 is 2.00 bits per heavy atom. The van der Waals surface area contributed by atoms with Gasteiger partial charge in [0.25, 0.3) is 10.0 Å². The summed E-state index contributed by atoms with van der Waals surface area (Å²) in [5.74, 6) is 0.215. The summed E-state index contributed by atoms with van der Waals surface area (Å²) in [5.41, 5.74) is 0.127. The van der Waals surface area contributed by atoms with Gasteiger partial charge >= 0.3 is 0 Å². The third-order valence-electron chi connectivity index (χ3n) is 2.92. The van der Waals surface area contributed by atoms with Crippen LogP contribution in [0, 0.1) is 12.7 Å². The van der Waals surface area contributed by atoms with E-state index < -0.39 is 15.8 Å². The van der Waals surface area contributed by atoms with Crippen LogP contribution in [0.3, 0.4) is 0 Å². The monoisotopic (exact) mass is 322 g/mol. The Kier molecular flexibility index (Phi) is 3.45. The second-order valence-electron chi connectivity index (χ2n) is 4.52. The van der Waals surface area contributed by atoms with Crippen molar-refractivity contribution in [1.82, 2.24) is 5.16 Å². The molecule has 0 aliphatic carbocycles. The fourth-order valence-corrected chi connectivity index (χ4v) is 3.19. The number of aromatic nitrogens is 1. The lowest BCUT2D eigenvalue weighted by Crippen LogP contribution is -2.13. The van der Waals surface area contributed by atoms with Gasteiger partial charge in [0, 0.05) is 12.1 Å². The molecule has 3 rings (SSSR count). The first-order chi connectivity index (χ1) is 10.5. The normalized spacial score (nSPS) is 11.5. The Bertz CT molecular complexity index is 901. The first-order valence-electron chi connectivity index (χ1n) is 6.25. The van der Waals surface area contributed by atoms with Gasteiger partial charge in [-0.3, -0.25) is 4.72 Å². The van der Waals surface area contributed by atoms with Gasteiger partial charge in [-0.05, 0) is 25.1 Å². The highest BCUT2D eigenvalue weighted by Crippen LogP contribution is 2.29. The van der Waals surface area contributed by atoms with Crippen LogP contribution in [-0.2, 0) is 10.0 Å². The first-order valence-corrected chi connectivity index (χ1v) is 7.74. The Hall–Kier alpha value is -2.61. The van der Waals surface area contributed by atoms with Crippen molar-refractivity contribution < 1.29 is 21.7 Å². The van der Waals surface area contributed by atoms with E-state index in [-0.39, 0.29) is 22.1 Å². The molecule has 2 aromatic heterocycles. The van der Waals surface area contributed by atoms with Crippen LogP contribution in [0.2, 0.25) is 0 Å². The van der Waals surface area contributed by atoms with E-state index in [0.29, 0.717) is 5.76 Å². The van der Waals surface area contributed by atoms with Crippen LogP contribution >= 0.6 is 0 Å². The zero-order chi connectivity index (χ0) is 15.7. The number of halogens is 1. The molecule has 0 bridgehead atoms. The van der Waals surface area contributed by atoms with Crippen LogP contribution in [-0.4, -0.2) is 13.6 Å². The Labute approximate surface area is 125 Å². The van der Waals surface area contributed by atoms with Gasteiger partial charge in [-0.15, -0.1) is 0 Å². The summed E-state index contributed by atoms with van der Waals surface area (Å²) < 4.78 is 50.5. The lowest BCUT2D eigenvalue weighted by atomic mass is 10.3. The maximum atomic E-state index is 13.1. The van der Waals surface area contributed by atoms with Gasteiger partial charge in [-0.2, -0.15) is 0 Å². The highest BCUT2D eigenvalue weighted by atomic mass is 32.2. The minimum Gasteiger partial charge on any atom is -0.456 e. The Morgan fingerprint density at radius 1 is 1.18 bits per heavy atom. The summed E-state index contributed by atoms with van der Waals surface area (Å²) in [5, 5.41) is 3.54. The molecule has 0 aliphatic heterocycles. The minimum absolute atomic E-state index is 0.0526. The van der Waals surface area contributed by atoms with E-state index in [0.717, 1.165) is 6.07 Å². The van der Waals surface area contributed by atoms with Crippen LogP contribution in [0.1, 0.15) is 5.76 Å². The SMILES string of the molecule is Cc1oc(-c2ccno2)cc1S(=O)(=O)Nc1cccc(F)c1. The number of nitrogens with zero attached hydrogens (tertiary/aromatic N) is 1. The second kappa shape index (κ2) is 5.30. The summed E-state index contributed by atoms with van der Waals surface area (Å²) in [6.45, 7) is 1.51. The van der Waals surface area contributed by atoms with Crippen molar-refractivity contribution in [3.05, 3.63) is 54.2 Å². The van der Waals surface area contributed by atoms with Gasteiger partial charge < -0.3 is 8.94 Å². The molecule has 6 nitrogen and oxygen atoms in total. The van der Waals surface area contributed by atoms with Crippen LogP contribution in [0.15, 0.2) is 56.4 Å². The smallest absolute Gasteiger partial charge is 0.265 e. The largest absolute Gasteiger partial charge is 0.456 e. The van der Waals surface area contributed by atoms with Gasteiger partial charge in [0.15, 0.2) is 5.76 Å². The fraction of sp³-hybridized carbons (Fsp3) is 0.0714. The van der Waals surface area contributed by atoms with Gasteiger partial charge in [-0.1, -0.05) is 11.2 Å². The fourth-order valence-electron chi connectivity index (χ4n) is 1.96. The number of furan rings is 1. The van der Waals surface area contributed by atoms with Crippen molar-refractivity contribution in [3.63, 3.8) is 0 Å². The molecule has 0 unspecified atom stereocenters. The summed E-state index contributed by atoms with van der Waals surface area (Å²) in [6.07, 6.45) is 1.42. The zero-order valence-corrected chi connectivity index (χ0v) is 12.2. The van der Waals surface area contributed by atoms with Crippen LogP contribution < -0.4 is 4.72 Å². The molecule has 1 aromatic carbocycles. The Morgan fingerprint density at radius 3 is 2.68 bits per heavy atom. The molecule has 0 aliphatic rings. The lowest BCUT2D eigenvalue weighted by Gasteiger charge is -2.06. The molecule has 0 atom stereocenters. The van der Waals surface area contributed by atoms with Crippen molar-refractivity contribution >= 4 is 15.7 Å². The number of aryl methyl sites for hydroxylation is 1. The molecule has 0 radical (unpaired) electrons. The third kappa shape index (κ3) is 2.73. The zero-order valence-electron chi connectivity index (χ0n) is 11.4. The van der Waals surface area contributed by atoms with Crippen LogP contribution in [0.5, 0.6) is 0 Å². The number of rotatable bonds is 4. The molecular weight excluding hydrogens is 311 g/mol. The molecule has 0 fully saturated rings. The predicted molar refractivity (Wildman–Crippen MR) is 76.2 cm³/mol. The number of hydrogen-bond acceptors (Lipinski definition) is 5. The molecule has 8 heteroatoms. The third-order valence-corrected chi connectivity index (χ3v) is 4.41. The van der Waals surface area contributed by atoms with E-state index in [1.54, 1.807) is 6.07 Å². The van der Waals surface area contributed by atoms with E-state index in [1.165, 1.54) is 37.4 Å². The van der Waals surface area contributed by atoms with Crippen molar-refractivity contribution in [2.75, 3.05) is 4.72 Å². The average molecular weight is 322 g/mol. The number of sulfonamides is 1. The number of hydrogen-bond donors (Lipinski definition) is 1. The lowest BCUT2D eigenvalue weighted by molar-refractivity contribution is 0.414. The van der Waals surface area contributed by atoms with Crippen LogP contribution in [0.4, 0.5) is 10.1 Å². The molecule has 0 amide bonds. The minimum atomic E-state index is -3.90. The maximum Gasteiger partial charge on any atom is 0.265 e. The van der Waals surface area contributed by atoms with Gasteiger partial charge in [0.1, 0.15) is 16.5 Å². The van der Waals surface area contributed by atoms with E-state index in [2.05, 4.69) is 9.88 Å². The topological polar surface area (TPSA) is 85.3 Å². The summed E-state index contributed by atoms with van der Waals surface area (Å²) in [6, 6.07) is 8.06. The van der Waals surface area contributed by atoms with E-state index in [1.807, 2.05) is 0 Å². The molecule has 1 N–H and O–H groups in total. The molecular formula is C14H11FN2O4S. The molecule has 0 saturated heterocycles. The van der Waals surface area contributed by atoms with Crippen molar-refractivity contribution in [1.29, 1.82) is 0 Å². The molecule has 3 aromatic rings. The van der Waals surface area contributed by atoms with E-state index in [4.69, 9.17) is 8.94 Å². The highest BCUT2D eigenvalue weighted by Gasteiger charge is 2.23. The second-order valence-corrected chi connectivity index (χ2v) is 6.17. The summed E-state index contributed by atoms with van der Waals surface area (Å²) in [7, 11) is -3.90. The molecule has 2 heterocycles. The van der Waals surface area contributed by atoms with Crippen molar-refractivity contribution in [2.45, 2.75) is 11.8 Å². The summed E-state index contributed by atoms with van der Waals surface area (Å²) >= 11 is 0. The number of benzene rings is 1. The van der Waals surface area contributed by atoms with Crippen molar-refractivity contribution in [3.8, 4) is 11.5 Å². The average Bonchev–Trinajstić information content (AvgIpc) is 3.07. The highest BCUT2D eigenvalue weighted by molar-refractivity contribution is 7.92. The standard InChI is InChI=1S/C14H11FN2O4S/c1-9-14(8-13(20-9)12-5-6-16-21-12)22(18,19)17-11-4-2-3-10(15)7-11/h2-8,17H,1H3. The number of anilines is 1. The molecule has 22 heavy (non-hydrogen) atoms. The van der Waals surface area contributed by atoms with Gasteiger partial charge in [0.2, 0.25) is 5.76 Å². The number of nitrogens with one attached hydrogen (secondary N) is 1. The first kappa shape index (κ1) is 14.3. The molecule has 0 saturated carbocycles. The summed E-state index contributed by atoms with van der Waals surface area (Å²) in [4.78, 5) is -0.0526. The van der Waals surface area contributed by atoms with Crippen molar-refractivity contribution in [2.24, 2.45) is 0 Å². The maximum absolute atomic E-state index is 13.1. The molecule has 114 valence electrons. The predicted octanol–water partition coefficient (Wildman–Crippen LogP) is 3.18. The van der Waals surface area contributed by atoms with E-state index in [9.17, 15) is 12.8 Å². The molecule has 0 spiro atoms. The van der Waals surface area contributed by atoms with Gasteiger partial charge in [0.05, 0.1) is 11.9 Å². The van der Waals surface area contributed by atoms with E-state index >= 15 is 0 Å². The Balaban J connectivity index is 1.96.